The molecule has 0 saturated heterocycles. The second-order valence-electron chi connectivity index (χ2n) is 3.81. The van der Waals surface area contributed by atoms with Crippen LogP contribution in [0.25, 0.3) is 0 Å². The highest BCUT2D eigenvalue weighted by Crippen LogP contribution is 2.25. The van der Waals surface area contributed by atoms with Crippen LogP contribution in [-0.2, 0) is 0 Å². The number of hydrogen-bond acceptors (Lipinski definition) is 5. The number of carbonyl (C=O) groups is 1. The highest BCUT2D eigenvalue weighted by molar-refractivity contribution is 6.31. The number of anilines is 2. The maximum atomic E-state index is 10.8. The first-order valence-electron chi connectivity index (χ1n) is 5.54. The van der Waals surface area contributed by atoms with Gasteiger partial charge in [-0.2, -0.15) is 4.98 Å². The normalized spacial score (nSPS) is 10.1. The largest absolute Gasteiger partial charge is 0.481 e. The van der Waals surface area contributed by atoms with Crippen LogP contribution in [0.3, 0.4) is 0 Å². The van der Waals surface area contributed by atoms with Gasteiger partial charge < -0.3 is 10.1 Å². The number of nitrogens with zero attached hydrogens (tertiary/aromatic N) is 2. The summed E-state index contributed by atoms with van der Waals surface area (Å²) in [5.74, 6) is 0.603. The Kier molecular flexibility index (Phi) is 3.97. The Morgan fingerprint density at radius 2 is 2.16 bits per heavy atom. The standard InChI is InChI=1S/C13H12ClN3O2/c1-8-10(14)4-3-5-11(8)16-13-15-9(7-18)6-12(17-13)19-2/h3-7H,1-2H3,(H,15,16,17). The lowest BCUT2D eigenvalue weighted by atomic mass is 10.2. The average molecular weight is 278 g/mol. The van der Waals surface area contributed by atoms with E-state index in [9.17, 15) is 4.79 Å². The summed E-state index contributed by atoms with van der Waals surface area (Å²) in [6.07, 6.45) is 0.639. The molecule has 0 aliphatic rings. The molecule has 2 rings (SSSR count). The first kappa shape index (κ1) is 13.3. The maximum Gasteiger partial charge on any atom is 0.231 e. The Hall–Kier alpha value is -2.14. The number of nitrogens with one attached hydrogen (secondary N) is 1. The van der Waals surface area contributed by atoms with Crippen molar-refractivity contribution >= 4 is 29.5 Å². The van der Waals surface area contributed by atoms with Gasteiger partial charge in [-0.15, -0.1) is 0 Å². The molecule has 5 nitrogen and oxygen atoms in total. The summed E-state index contributed by atoms with van der Waals surface area (Å²) in [6, 6.07) is 6.93. The Labute approximate surface area is 115 Å². The molecule has 1 aromatic heterocycles. The summed E-state index contributed by atoms with van der Waals surface area (Å²) in [5, 5.41) is 3.66. The van der Waals surface area contributed by atoms with E-state index >= 15 is 0 Å². The van der Waals surface area contributed by atoms with Crippen molar-refractivity contribution in [3.63, 3.8) is 0 Å². The lowest BCUT2D eigenvalue weighted by Gasteiger charge is -2.10. The van der Waals surface area contributed by atoms with Crippen LogP contribution in [0, 0.1) is 6.92 Å². The third-order valence-corrected chi connectivity index (χ3v) is 2.98. The van der Waals surface area contributed by atoms with Gasteiger partial charge in [-0.05, 0) is 24.6 Å². The Balaban J connectivity index is 2.37. The molecule has 6 heteroatoms. The number of rotatable bonds is 4. The molecule has 0 spiro atoms. The van der Waals surface area contributed by atoms with E-state index in [0.717, 1.165) is 11.3 Å². The molecule has 2 aromatic rings. The molecule has 1 aromatic carbocycles. The number of aromatic nitrogens is 2. The summed E-state index contributed by atoms with van der Waals surface area (Å²) in [5.41, 5.74) is 1.90. The van der Waals surface area contributed by atoms with Crippen LogP contribution in [0.15, 0.2) is 24.3 Å². The Morgan fingerprint density at radius 1 is 1.37 bits per heavy atom. The van der Waals surface area contributed by atoms with Gasteiger partial charge in [0.2, 0.25) is 11.8 Å². The summed E-state index contributed by atoms with van der Waals surface area (Å²) in [4.78, 5) is 19.0. The zero-order chi connectivity index (χ0) is 13.8. The quantitative estimate of drug-likeness (QED) is 0.871. The molecule has 0 bridgehead atoms. The summed E-state index contributed by atoms with van der Waals surface area (Å²) in [7, 11) is 1.48. The molecule has 1 heterocycles. The number of aldehydes is 1. The number of benzene rings is 1. The molecule has 0 amide bonds. The fourth-order valence-corrected chi connectivity index (χ4v) is 1.70. The molecular formula is C13H12ClN3O2. The molecule has 0 radical (unpaired) electrons. The SMILES string of the molecule is COc1cc(C=O)nc(Nc2cccc(Cl)c2C)n1. The topological polar surface area (TPSA) is 64.1 Å². The number of ether oxygens (including phenoxy) is 1. The lowest BCUT2D eigenvalue weighted by Crippen LogP contribution is -2.03. The van der Waals surface area contributed by atoms with Crippen LogP contribution < -0.4 is 10.1 Å². The number of halogens is 1. The van der Waals surface area contributed by atoms with Crippen molar-refractivity contribution in [2.24, 2.45) is 0 Å². The van der Waals surface area contributed by atoms with Crippen molar-refractivity contribution in [1.29, 1.82) is 0 Å². The minimum absolute atomic E-state index is 0.244. The van der Waals surface area contributed by atoms with Gasteiger partial charge in [-0.25, -0.2) is 4.98 Å². The smallest absolute Gasteiger partial charge is 0.231 e. The van der Waals surface area contributed by atoms with E-state index in [4.69, 9.17) is 16.3 Å². The molecule has 0 unspecified atom stereocenters. The van der Waals surface area contributed by atoms with E-state index in [1.165, 1.54) is 13.2 Å². The van der Waals surface area contributed by atoms with Gasteiger partial charge in [0.25, 0.3) is 0 Å². The molecule has 98 valence electrons. The molecular weight excluding hydrogens is 266 g/mol. The van der Waals surface area contributed by atoms with Gasteiger partial charge >= 0.3 is 0 Å². The summed E-state index contributed by atoms with van der Waals surface area (Å²) in [6.45, 7) is 1.88. The zero-order valence-corrected chi connectivity index (χ0v) is 11.2. The fourth-order valence-electron chi connectivity index (χ4n) is 1.53. The molecule has 0 saturated carbocycles. The first-order chi connectivity index (χ1) is 9.13. The fraction of sp³-hybridized carbons (Fsp3) is 0.154. The second-order valence-corrected chi connectivity index (χ2v) is 4.22. The summed E-state index contributed by atoms with van der Waals surface area (Å²) < 4.78 is 5.01. The van der Waals surface area contributed by atoms with E-state index in [2.05, 4.69) is 15.3 Å². The first-order valence-corrected chi connectivity index (χ1v) is 5.92. The Bertz CT molecular complexity index is 617. The summed E-state index contributed by atoms with van der Waals surface area (Å²) >= 11 is 6.04. The van der Waals surface area contributed by atoms with Crippen molar-refractivity contribution in [3.8, 4) is 5.88 Å². The van der Waals surface area contributed by atoms with Gasteiger partial charge in [-0.3, -0.25) is 4.79 Å². The van der Waals surface area contributed by atoms with Crippen molar-refractivity contribution in [2.75, 3.05) is 12.4 Å². The number of methoxy groups -OCH3 is 1. The van der Waals surface area contributed by atoms with Crippen molar-refractivity contribution in [2.45, 2.75) is 6.92 Å². The van der Waals surface area contributed by atoms with E-state index in [0.29, 0.717) is 17.2 Å². The minimum atomic E-state index is 0.244. The van der Waals surface area contributed by atoms with Crippen LogP contribution in [0.2, 0.25) is 5.02 Å². The molecule has 0 fully saturated rings. The van der Waals surface area contributed by atoms with Crippen molar-refractivity contribution < 1.29 is 9.53 Å². The molecule has 0 atom stereocenters. The third-order valence-electron chi connectivity index (χ3n) is 2.57. The van der Waals surface area contributed by atoms with Gasteiger partial charge in [0, 0.05) is 16.8 Å². The van der Waals surface area contributed by atoms with Gasteiger partial charge in [0.05, 0.1) is 7.11 Å². The van der Waals surface area contributed by atoms with Gasteiger partial charge in [0.15, 0.2) is 6.29 Å². The van der Waals surface area contributed by atoms with E-state index in [1.54, 1.807) is 6.07 Å². The van der Waals surface area contributed by atoms with Crippen molar-refractivity contribution in [1.82, 2.24) is 9.97 Å². The third kappa shape index (κ3) is 3.00. The highest BCUT2D eigenvalue weighted by Gasteiger charge is 2.07. The molecule has 1 N–H and O–H groups in total. The number of hydrogen-bond donors (Lipinski definition) is 1. The monoisotopic (exact) mass is 277 g/mol. The molecule has 0 aliphatic carbocycles. The van der Waals surface area contributed by atoms with Crippen LogP contribution in [0.1, 0.15) is 16.1 Å². The number of carbonyl (C=O) groups excluding carboxylic acids is 1. The van der Waals surface area contributed by atoms with E-state index < -0.39 is 0 Å². The van der Waals surface area contributed by atoms with Crippen molar-refractivity contribution in [3.05, 3.63) is 40.5 Å². The second kappa shape index (κ2) is 5.67. The Morgan fingerprint density at radius 3 is 2.84 bits per heavy atom. The predicted octanol–water partition coefficient (Wildman–Crippen LogP) is 3.00. The molecule has 0 aliphatic heterocycles. The highest BCUT2D eigenvalue weighted by atomic mass is 35.5. The van der Waals surface area contributed by atoms with Crippen LogP contribution in [0.5, 0.6) is 5.88 Å². The van der Waals surface area contributed by atoms with E-state index in [1.807, 2.05) is 19.1 Å². The van der Waals surface area contributed by atoms with Gasteiger partial charge in [-0.1, -0.05) is 17.7 Å². The van der Waals surface area contributed by atoms with Gasteiger partial charge in [0.1, 0.15) is 5.69 Å². The minimum Gasteiger partial charge on any atom is -0.481 e. The lowest BCUT2D eigenvalue weighted by molar-refractivity contribution is 0.111. The maximum absolute atomic E-state index is 10.8. The average Bonchev–Trinajstić information content (AvgIpc) is 2.43. The van der Waals surface area contributed by atoms with E-state index in [-0.39, 0.29) is 11.6 Å². The predicted molar refractivity (Wildman–Crippen MR) is 73.4 cm³/mol. The van der Waals surface area contributed by atoms with Crippen LogP contribution >= 0.6 is 11.6 Å². The van der Waals surface area contributed by atoms with Crippen LogP contribution in [0.4, 0.5) is 11.6 Å². The molecule has 19 heavy (non-hydrogen) atoms. The zero-order valence-electron chi connectivity index (χ0n) is 10.5. The van der Waals surface area contributed by atoms with Crippen LogP contribution in [-0.4, -0.2) is 23.4 Å².